The standard InChI is InChI=1S/C18H22N4O2/c1-13-9-17(20-14(2)19-13)21-7-8-22(18(23)12-21)11-15-5-4-6-16(10-15)24-3/h4-6,9-10H,7-8,11-12H2,1-3H3. The first kappa shape index (κ1) is 16.2. The molecule has 0 unspecified atom stereocenters. The lowest BCUT2D eigenvalue weighted by atomic mass is 10.2. The molecule has 0 spiro atoms. The largest absolute Gasteiger partial charge is 0.497 e. The van der Waals surface area contributed by atoms with Crippen LogP contribution in [0.4, 0.5) is 5.82 Å². The van der Waals surface area contributed by atoms with Crippen molar-refractivity contribution in [2.75, 3.05) is 31.6 Å². The minimum absolute atomic E-state index is 0.109. The maximum Gasteiger partial charge on any atom is 0.242 e. The number of piperazine rings is 1. The van der Waals surface area contributed by atoms with Gasteiger partial charge in [-0.05, 0) is 31.5 Å². The Morgan fingerprint density at radius 1 is 1.17 bits per heavy atom. The Hall–Kier alpha value is -2.63. The van der Waals surface area contributed by atoms with Gasteiger partial charge in [0.15, 0.2) is 0 Å². The van der Waals surface area contributed by atoms with Crippen LogP contribution < -0.4 is 9.64 Å². The van der Waals surface area contributed by atoms with Crippen molar-refractivity contribution >= 4 is 11.7 Å². The zero-order valence-electron chi connectivity index (χ0n) is 14.3. The number of aromatic nitrogens is 2. The number of hydrogen-bond acceptors (Lipinski definition) is 5. The highest BCUT2D eigenvalue weighted by atomic mass is 16.5. The van der Waals surface area contributed by atoms with Gasteiger partial charge in [-0.25, -0.2) is 9.97 Å². The van der Waals surface area contributed by atoms with Crippen molar-refractivity contribution < 1.29 is 9.53 Å². The van der Waals surface area contributed by atoms with Crippen molar-refractivity contribution in [3.8, 4) is 5.75 Å². The monoisotopic (exact) mass is 326 g/mol. The van der Waals surface area contributed by atoms with Crippen LogP contribution >= 0.6 is 0 Å². The zero-order valence-corrected chi connectivity index (χ0v) is 14.3. The van der Waals surface area contributed by atoms with E-state index in [0.29, 0.717) is 19.6 Å². The van der Waals surface area contributed by atoms with Crippen LogP contribution in [0.1, 0.15) is 17.1 Å². The van der Waals surface area contributed by atoms with Gasteiger partial charge in [-0.1, -0.05) is 12.1 Å². The van der Waals surface area contributed by atoms with E-state index in [1.807, 2.05) is 54.0 Å². The van der Waals surface area contributed by atoms with Crippen LogP contribution in [0, 0.1) is 13.8 Å². The summed E-state index contributed by atoms with van der Waals surface area (Å²) in [6.45, 7) is 6.21. The summed E-state index contributed by atoms with van der Waals surface area (Å²) in [6.07, 6.45) is 0. The average molecular weight is 326 g/mol. The molecule has 6 nitrogen and oxygen atoms in total. The van der Waals surface area contributed by atoms with E-state index in [-0.39, 0.29) is 5.91 Å². The molecule has 2 heterocycles. The Bertz CT molecular complexity index is 727. The summed E-state index contributed by atoms with van der Waals surface area (Å²) in [5.74, 6) is 2.48. The number of carbonyl (C=O) groups is 1. The van der Waals surface area contributed by atoms with Crippen molar-refractivity contribution in [3.63, 3.8) is 0 Å². The Morgan fingerprint density at radius 2 is 2.00 bits per heavy atom. The molecular weight excluding hydrogens is 304 g/mol. The molecule has 0 bridgehead atoms. The van der Waals surface area contributed by atoms with E-state index in [1.54, 1.807) is 7.11 Å². The van der Waals surface area contributed by atoms with Gasteiger partial charge in [0.05, 0.1) is 13.7 Å². The van der Waals surface area contributed by atoms with E-state index in [0.717, 1.165) is 35.2 Å². The molecule has 126 valence electrons. The van der Waals surface area contributed by atoms with Crippen molar-refractivity contribution in [3.05, 3.63) is 47.4 Å². The summed E-state index contributed by atoms with van der Waals surface area (Å²) < 4.78 is 5.24. The van der Waals surface area contributed by atoms with E-state index in [4.69, 9.17) is 4.74 Å². The molecule has 0 atom stereocenters. The number of carbonyl (C=O) groups excluding carboxylic acids is 1. The second kappa shape index (κ2) is 6.86. The Balaban J connectivity index is 1.67. The van der Waals surface area contributed by atoms with Crippen LogP contribution in [0.2, 0.25) is 0 Å². The van der Waals surface area contributed by atoms with Crippen LogP contribution in [-0.4, -0.2) is 47.5 Å². The molecule has 0 N–H and O–H groups in total. The lowest BCUT2D eigenvalue weighted by Crippen LogP contribution is -2.50. The normalized spacial score (nSPS) is 14.9. The van der Waals surface area contributed by atoms with E-state index in [1.165, 1.54) is 0 Å². The van der Waals surface area contributed by atoms with Crippen LogP contribution in [-0.2, 0) is 11.3 Å². The van der Waals surface area contributed by atoms with E-state index in [2.05, 4.69) is 9.97 Å². The van der Waals surface area contributed by atoms with Crippen molar-refractivity contribution in [1.29, 1.82) is 0 Å². The molecule has 2 aromatic rings. The van der Waals surface area contributed by atoms with Gasteiger partial charge in [-0.3, -0.25) is 4.79 Å². The number of nitrogens with zero attached hydrogens (tertiary/aromatic N) is 4. The summed E-state index contributed by atoms with van der Waals surface area (Å²) in [5, 5.41) is 0. The summed E-state index contributed by atoms with van der Waals surface area (Å²) >= 11 is 0. The quantitative estimate of drug-likeness (QED) is 0.859. The molecule has 6 heteroatoms. The van der Waals surface area contributed by atoms with Gasteiger partial charge in [0.1, 0.15) is 17.4 Å². The van der Waals surface area contributed by atoms with E-state index >= 15 is 0 Å². The average Bonchev–Trinajstić information content (AvgIpc) is 2.56. The Morgan fingerprint density at radius 3 is 2.71 bits per heavy atom. The van der Waals surface area contributed by atoms with Gasteiger partial charge < -0.3 is 14.5 Å². The number of benzene rings is 1. The second-order valence-corrected chi connectivity index (χ2v) is 6.00. The van der Waals surface area contributed by atoms with Gasteiger partial charge >= 0.3 is 0 Å². The van der Waals surface area contributed by atoms with E-state index < -0.39 is 0 Å². The maximum atomic E-state index is 12.5. The molecule has 1 fully saturated rings. The fourth-order valence-corrected chi connectivity index (χ4v) is 2.92. The first-order valence-electron chi connectivity index (χ1n) is 8.03. The molecule has 0 radical (unpaired) electrons. The summed E-state index contributed by atoms with van der Waals surface area (Å²) in [5.41, 5.74) is 1.99. The van der Waals surface area contributed by atoms with Gasteiger partial charge in [0.2, 0.25) is 5.91 Å². The molecule has 0 aliphatic carbocycles. The summed E-state index contributed by atoms with van der Waals surface area (Å²) in [4.78, 5) is 25.2. The maximum absolute atomic E-state index is 12.5. The van der Waals surface area contributed by atoms with Crippen molar-refractivity contribution in [2.45, 2.75) is 20.4 Å². The third-order valence-corrected chi connectivity index (χ3v) is 4.10. The number of ether oxygens (including phenoxy) is 1. The van der Waals surface area contributed by atoms with E-state index in [9.17, 15) is 4.79 Å². The lowest BCUT2D eigenvalue weighted by Gasteiger charge is -2.35. The highest BCUT2D eigenvalue weighted by molar-refractivity contribution is 5.82. The van der Waals surface area contributed by atoms with Crippen LogP contribution in [0.15, 0.2) is 30.3 Å². The van der Waals surface area contributed by atoms with Crippen LogP contribution in [0.25, 0.3) is 0 Å². The SMILES string of the molecule is COc1cccc(CN2CCN(c3cc(C)nc(C)n3)CC2=O)c1. The molecule has 1 saturated heterocycles. The predicted octanol–water partition coefficient (Wildman–Crippen LogP) is 1.95. The molecule has 1 aliphatic heterocycles. The Labute approximate surface area is 142 Å². The van der Waals surface area contributed by atoms with Gasteiger partial charge in [-0.2, -0.15) is 0 Å². The van der Waals surface area contributed by atoms with Crippen LogP contribution in [0.3, 0.4) is 0 Å². The number of aryl methyl sites for hydroxylation is 2. The molecule has 1 aromatic carbocycles. The smallest absolute Gasteiger partial charge is 0.242 e. The second-order valence-electron chi connectivity index (χ2n) is 6.00. The predicted molar refractivity (Wildman–Crippen MR) is 92.1 cm³/mol. The lowest BCUT2D eigenvalue weighted by molar-refractivity contribution is -0.131. The third-order valence-electron chi connectivity index (χ3n) is 4.10. The topological polar surface area (TPSA) is 58.6 Å². The molecule has 1 aromatic heterocycles. The summed E-state index contributed by atoms with van der Waals surface area (Å²) in [7, 11) is 1.65. The number of methoxy groups -OCH3 is 1. The minimum atomic E-state index is 0.109. The third kappa shape index (κ3) is 3.64. The highest BCUT2D eigenvalue weighted by Crippen LogP contribution is 2.18. The first-order chi connectivity index (χ1) is 11.5. The number of rotatable bonds is 4. The van der Waals surface area contributed by atoms with Crippen molar-refractivity contribution in [1.82, 2.24) is 14.9 Å². The fourth-order valence-electron chi connectivity index (χ4n) is 2.92. The molecule has 1 aliphatic rings. The first-order valence-corrected chi connectivity index (χ1v) is 8.03. The highest BCUT2D eigenvalue weighted by Gasteiger charge is 2.25. The number of anilines is 1. The van der Waals surface area contributed by atoms with Gasteiger partial charge in [0, 0.05) is 31.4 Å². The zero-order chi connectivity index (χ0) is 17.1. The fraction of sp³-hybridized carbons (Fsp3) is 0.389. The molecular formula is C18H22N4O2. The molecule has 1 amide bonds. The molecule has 24 heavy (non-hydrogen) atoms. The summed E-state index contributed by atoms with van der Waals surface area (Å²) in [6, 6.07) is 9.76. The molecule has 3 rings (SSSR count). The van der Waals surface area contributed by atoms with Crippen molar-refractivity contribution in [2.24, 2.45) is 0 Å². The number of amides is 1. The minimum Gasteiger partial charge on any atom is -0.497 e. The van der Waals surface area contributed by atoms with Gasteiger partial charge in [0.25, 0.3) is 0 Å². The van der Waals surface area contributed by atoms with Gasteiger partial charge in [-0.15, -0.1) is 0 Å². The van der Waals surface area contributed by atoms with Crippen LogP contribution in [0.5, 0.6) is 5.75 Å². The number of hydrogen-bond donors (Lipinski definition) is 0. The Kier molecular flexibility index (Phi) is 4.64. The molecule has 0 saturated carbocycles.